The lowest BCUT2D eigenvalue weighted by molar-refractivity contribution is 0.281. The molecular formula is C11H21NS. The zero-order chi connectivity index (χ0) is 9.68. The van der Waals surface area contributed by atoms with Crippen LogP contribution in [-0.4, -0.2) is 29.8 Å². The molecule has 0 atom stereocenters. The molecule has 0 unspecified atom stereocenters. The summed E-state index contributed by atoms with van der Waals surface area (Å²) in [5.41, 5.74) is 1.26. The maximum Gasteiger partial charge on any atom is 0.0201 e. The molecule has 76 valence electrons. The number of hydrogen-bond donors (Lipinski definition) is 1. The number of nitrogens with zero attached hydrogens (tertiary/aromatic N) is 1. The van der Waals surface area contributed by atoms with E-state index in [4.69, 9.17) is 0 Å². The van der Waals surface area contributed by atoms with Gasteiger partial charge in [0, 0.05) is 18.3 Å². The topological polar surface area (TPSA) is 3.24 Å². The molecule has 2 heteroatoms. The van der Waals surface area contributed by atoms with Gasteiger partial charge >= 0.3 is 0 Å². The molecule has 0 aromatic carbocycles. The second-order valence-electron chi connectivity index (χ2n) is 3.96. The van der Waals surface area contributed by atoms with Crippen LogP contribution in [0, 0.1) is 0 Å². The minimum absolute atomic E-state index is 0.829. The van der Waals surface area contributed by atoms with Crippen LogP contribution in [0.15, 0.2) is 12.2 Å². The first kappa shape index (κ1) is 11.1. The van der Waals surface area contributed by atoms with Crippen molar-refractivity contribution in [3.8, 4) is 0 Å². The minimum Gasteiger partial charge on any atom is -0.296 e. The summed E-state index contributed by atoms with van der Waals surface area (Å²) in [5.74, 6) is 0.829. The predicted octanol–water partition coefficient (Wildman–Crippen LogP) is 2.74. The molecule has 13 heavy (non-hydrogen) atoms. The zero-order valence-electron chi connectivity index (χ0n) is 8.63. The highest BCUT2D eigenvalue weighted by molar-refractivity contribution is 7.80. The molecule has 1 fully saturated rings. The molecule has 1 aliphatic rings. The second-order valence-corrected chi connectivity index (χ2v) is 4.28. The Bertz CT molecular complexity index is 163. The van der Waals surface area contributed by atoms with E-state index >= 15 is 0 Å². The molecule has 0 N–H and O–H groups in total. The van der Waals surface area contributed by atoms with Gasteiger partial charge in [0.05, 0.1) is 0 Å². The molecular weight excluding hydrogens is 178 g/mol. The van der Waals surface area contributed by atoms with Crippen molar-refractivity contribution in [1.29, 1.82) is 0 Å². The van der Waals surface area contributed by atoms with Crippen LogP contribution in [0.25, 0.3) is 0 Å². The van der Waals surface area contributed by atoms with Crippen molar-refractivity contribution in [3.05, 3.63) is 12.2 Å². The monoisotopic (exact) mass is 199 g/mol. The highest BCUT2D eigenvalue weighted by Crippen LogP contribution is 2.27. The molecule has 0 amide bonds. The van der Waals surface area contributed by atoms with Crippen LogP contribution in [0.3, 0.4) is 0 Å². The highest BCUT2D eigenvalue weighted by Gasteiger charge is 2.28. The van der Waals surface area contributed by atoms with E-state index in [0.29, 0.717) is 0 Å². The number of hydrogen-bond acceptors (Lipinski definition) is 2. The Morgan fingerprint density at radius 1 is 1.54 bits per heavy atom. The summed E-state index contributed by atoms with van der Waals surface area (Å²) in [5, 5.41) is 0. The molecule has 0 bridgehead atoms. The van der Waals surface area contributed by atoms with Crippen molar-refractivity contribution in [2.24, 2.45) is 0 Å². The first-order chi connectivity index (χ1) is 6.27. The standard InChI is InChI=1S/C11H21NS/c1-3-4-7-12(11-5-6-11)8-10(2)9-13/h11,13H,2-9H2,1H3. The molecule has 0 heterocycles. The molecule has 1 saturated carbocycles. The third kappa shape index (κ3) is 4.19. The van der Waals surface area contributed by atoms with Gasteiger partial charge in [-0.1, -0.05) is 25.5 Å². The molecule has 1 aliphatic carbocycles. The smallest absolute Gasteiger partial charge is 0.0201 e. The van der Waals surface area contributed by atoms with Gasteiger partial charge in [-0.15, -0.1) is 0 Å². The van der Waals surface area contributed by atoms with Crippen LogP contribution in [0.1, 0.15) is 32.6 Å². The number of unbranched alkanes of at least 4 members (excludes halogenated alkanes) is 1. The van der Waals surface area contributed by atoms with Crippen LogP contribution in [-0.2, 0) is 0 Å². The van der Waals surface area contributed by atoms with Crippen molar-refractivity contribution in [2.45, 2.75) is 38.6 Å². The van der Waals surface area contributed by atoms with Crippen molar-refractivity contribution in [2.75, 3.05) is 18.8 Å². The first-order valence-electron chi connectivity index (χ1n) is 5.29. The fraction of sp³-hybridized carbons (Fsp3) is 0.818. The van der Waals surface area contributed by atoms with E-state index in [0.717, 1.165) is 18.3 Å². The average Bonchev–Trinajstić information content (AvgIpc) is 2.94. The van der Waals surface area contributed by atoms with Gasteiger partial charge in [0.25, 0.3) is 0 Å². The first-order valence-corrected chi connectivity index (χ1v) is 5.92. The highest BCUT2D eigenvalue weighted by atomic mass is 32.1. The maximum atomic E-state index is 4.24. The normalized spacial score (nSPS) is 16.5. The largest absolute Gasteiger partial charge is 0.296 e. The van der Waals surface area contributed by atoms with Crippen LogP contribution >= 0.6 is 12.6 Å². The van der Waals surface area contributed by atoms with Crippen LogP contribution < -0.4 is 0 Å². The number of thiol groups is 1. The van der Waals surface area contributed by atoms with Crippen LogP contribution in [0.4, 0.5) is 0 Å². The summed E-state index contributed by atoms with van der Waals surface area (Å²) >= 11 is 4.24. The van der Waals surface area contributed by atoms with E-state index in [1.54, 1.807) is 0 Å². The van der Waals surface area contributed by atoms with E-state index < -0.39 is 0 Å². The van der Waals surface area contributed by atoms with Crippen molar-refractivity contribution in [1.82, 2.24) is 4.90 Å². The number of rotatable bonds is 7. The molecule has 0 aromatic rings. The predicted molar refractivity (Wildman–Crippen MR) is 62.5 cm³/mol. The SMILES string of the molecule is C=C(CS)CN(CCCC)C1CC1. The Hall–Kier alpha value is 0.0500. The fourth-order valence-corrected chi connectivity index (χ4v) is 1.63. The minimum atomic E-state index is 0.829. The molecule has 1 nitrogen and oxygen atoms in total. The van der Waals surface area contributed by atoms with E-state index in [-0.39, 0.29) is 0 Å². The lowest BCUT2D eigenvalue weighted by atomic mass is 10.2. The fourth-order valence-electron chi connectivity index (χ4n) is 1.53. The van der Waals surface area contributed by atoms with Crippen molar-refractivity contribution in [3.63, 3.8) is 0 Å². The van der Waals surface area contributed by atoms with Gasteiger partial charge in [-0.05, 0) is 25.8 Å². The third-order valence-electron chi connectivity index (χ3n) is 2.51. The Balaban J connectivity index is 2.24. The summed E-state index contributed by atoms with van der Waals surface area (Å²) in [6.07, 6.45) is 5.39. The third-order valence-corrected chi connectivity index (χ3v) is 2.96. The van der Waals surface area contributed by atoms with E-state index in [9.17, 15) is 0 Å². The quantitative estimate of drug-likeness (QED) is 0.487. The lowest BCUT2D eigenvalue weighted by Gasteiger charge is -2.22. The summed E-state index contributed by atoms with van der Waals surface area (Å²) < 4.78 is 0. The molecule has 1 rings (SSSR count). The van der Waals surface area contributed by atoms with E-state index in [1.165, 1.54) is 37.8 Å². The maximum absolute atomic E-state index is 4.24. The van der Waals surface area contributed by atoms with E-state index in [1.807, 2.05) is 0 Å². The molecule has 0 aromatic heterocycles. The molecule has 0 saturated heterocycles. The van der Waals surface area contributed by atoms with Gasteiger partial charge in [-0.3, -0.25) is 4.90 Å². The van der Waals surface area contributed by atoms with Gasteiger partial charge in [-0.2, -0.15) is 12.6 Å². The van der Waals surface area contributed by atoms with Gasteiger partial charge in [0.15, 0.2) is 0 Å². The average molecular weight is 199 g/mol. The van der Waals surface area contributed by atoms with Gasteiger partial charge in [0.1, 0.15) is 0 Å². The van der Waals surface area contributed by atoms with Crippen LogP contribution in [0.5, 0.6) is 0 Å². The Morgan fingerprint density at radius 3 is 2.69 bits per heavy atom. The second kappa shape index (κ2) is 5.71. The summed E-state index contributed by atoms with van der Waals surface area (Å²) in [6.45, 7) is 8.57. The van der Waals surface area contributed by atoms with E-state index in [2.05, 4.69) is 31.0 Å². The van der Waals surface area contributed by atoms with Crippen LogP contribution in [0.2, 0.25) is 0 Å². The summed E-state index contributed by atoms with van der Waals surface area (Å²) in [6, 6.07) is 0.864. The summed E-state index contributed by atoms with van der Waals surface area (Å²) in [4.78, 5) is 2.57. The molecule has 0 spiro atoms. The van der Waals surface area contributed by atoms with Gasteiger partial charge in [-0.25, -0.2) is 0 Å². The zero-order valence-corrected chi connectivity index (χ0v) is 9.52. The van der Waals surface area contributed by atoms with Gasteiger partial charge < -0.3 is 0 Å². The molecule has 0 aliphatic heterocycles. The summed E-state index contributed by atoms with van der Waals surface area (Å²) in [7, 11) is 0. The van der Waals surface area contributed by atoms with Crippen molar-refractivity contribution >= 4 is 12.6 Å². The Kier molecular flexibility index (Phi) is 4.89. The van der Waals surface area contributed by atoms with Gasteiger partial charge in [0.2, 0.25) is 0 Å². The lowest BCUT2D eigenvalue weighted by Crippen LogP contribution is -2.29. The van der Waals surface area contributed by atoms with Crippen molar-refractivity contribution < 1.29 is 0 Å². The Labute approximate surface area is 87.6 Å². The Morgan fingerprint density at radius 2 is 2.23 bits per heavy atom. The molecule has 0 radical (unpaired) electrons.